The van der Waals surface area contributed by atoms with Crippen LogP contribution in [0, 0.1) is 5.92 Å². The Bertz CT molecular complexity index is 375. The van der Waals surface area contributed by atoms with Crippen LogP contribution in [0.2, 0.25) is 0 Å². The maximum atomic E-state index is 11.2. The Hall–Kier alpha value is -1.07. The van der Waals surface area contributed by atoms with Crippen LogP contribution in [0.5, 0.6) is 0 Å². The number of hydrogen-bond donors (Lipinski definition) is 1. The van der Waals surface area contributed by atoms with Gasteiger partial charge in [0, 0.05) is 25.8 Å². The molecule has 1 fully saturated rings. The van der Waals surface area contributed by atoms with Crippen LogP contribution >= 0.6 is 11.6 Å². The minimum atomic E-state index is -0.208. The molecule has 0 atom stereocenters. The summed E-state index contributed by atoms with van der Waals surface area (Å²) in [6.07, 6.45) is 3.77. The molecule has 0 aliphatic carbocycles. The third-order valence-corrected chi connectivity index (χ3v) is 3.12. The van der Waals surface area contributed by atoms with Crippen molar-refractivity contribution in [1.82, 2.24) is 9.78 Å². The Kier molecular flexibility index (Phi) is 4.39. The Labute approximate surface area is 105 Å². The van der Waals surface area contributed by atoms with Gasteiger partial charge in [-0.05, 0) is 18.8 Å². The molecule has 1 saturated heterocycles. The number of hydrogen-bond acceptors (Lipinski definition) is 3. The van der Waals surface area contributed by atoms with Crippen LogP contribution < -0.4 is 5.32 Å². The first-order chi connectivity index (χ1) is 8.29. The first-order valence-corrected chi connectivity index (χ1v) is 6.28. The molecule has 5 nitrogen and oxygen atoms in total. The van der Waals surface area contributed by atoms with Gasteiger partial charge in [0.15, 0.2) is 0 Å². The Morgan fingerprint density at radius 3 is 3.06 bits per heavy atom. The number of rotatable bonds is 4. The number of amides is 1. The van der Waals surface area contributed by atoms with Crippen molar-refractivity contribution in [2.45, 2.75) is 19.4 Å². The van der Waals surface area contributed by atoms with Crippen molar-refractivity contribution in [3.05, 3.63) is 12.3 Å². The van der Waals surface area contributed by atoms with Crippen LogP contribution in [0.1, 0.15) is 12.8 Å². The highest BCUT2D eigenvalue weighted by molar-refractivity contribution is 6.29. The van der Waals surface area contributed by atoms with Gasteiger partial charge >= 0.3 is 0 Å². The second-order valence-electron chi connectivity index (χ2n) is 4.14. The van der Waals surface area contributed by atoms with E-state index in [2.05, 4.69) is 10.4 Å². The van der Waals surface area contributed by atoms with Crippen LogP contribution in [0.15, 0.2) is 12.3 Å². The van der Waals surface area contributed by atoms with E-state index in [1.165, 1.54) is 0 Å². The summed E-state index contributed by atoms with van der Waals surface area (Å²) in [6, 6.07) is 1.78. The van der Waals surface area contributed by atoms with Crippen LogP contribution in [0.4, 0.5) is 5.82 Å². The Balaban J connectivity index is 1.95. The number of anilines is 1. The highest BCUT2D eigenvalue weighted by Crippen LogP contribution is 2.18. The third kappa shape index (κ3) is 3.44. The van der Waals surface area contributed by atoms with Gasteiger partial charge in [0.2, 0.25) is 5.91 Å². The molecule has 0 bridgehead atoms. The molecule has 0 spiro atoms. The summed E-state index contributed by atoms with van der Waals surface area (Å²) in [5.41, 5.74) is 0. The van der Waals surface area contributed by atoms with E-state index in [9.17, 15) is 4.79 Å². The van der Waals surface area contributed by atoms with Crippen molar-refractivity contribution >= 4 is 23.3 Å². The number of alkyl halides is 1. The summed E-state index contributed by atoms with van der Waals surface area (Å²) >= 11 is 5.45. The molecule has 1 aliphatic heterocycles. The average Bonchev–Trinajstić information content (AvgIpc) is 2.78. The van der Waals surface area contributed by atoms with Gasteiger partial charge < -0.3 is 10.1 Å². The minimum Gasteiger partial charge on any atom is -0.381 e. The fourth-order valence-corrected chi connectivity index (χ4v) is 2.00. The highest BCUT2D eigenvalue weighted by atomic mass is 35.5. The monoisotopic (exact) mass is 257 g/mol. The molecular formula is C11H16ClN3O2. The maximum absolute atomic E-state index is 11.2. The summed E-state index contributed by atoms with van der Waals surface area (Å²) in [7, 11) is 0. The first kappa shape index (κ1) is 12.4. The zero-order valence-corrected chi connectivity index (χ0v) is 10.3. The molecule has 0 radical (unpaired) electrons. The largest absolute Gasteiger partial charge is 0.381 e. The van der Waals surface area contributed by atoms with Gasteiger partial charge in [-0.15, -0.1) is 11.6 Å². The molecule has 0 unspecified atom stereocenters. The van der Waals surface area contributed by atoms with Crippen LogP contribution in [-0.4, -0.2) is 34.8 Å². The molecule has 1 amide bonds. The van der Waals surface area contributed by atoms with Crippen LogP contribution in [-0.2, 0) is 16.1 Å². The van der Waals surface area contributed by atoms with Gasteiger partial charge in [0.05, 0.1) is 6.20 Å². The predicted octanol–water partition coefficient (Wildman–Crippen LogP) is 1.49. The van der Waals surface area contributed by atoms with Gasteiger partial charge in [-0.25, -0.2) is 4.68 Å². The molecule has 6 heteroatoms. The quantitative estimate of drug-likeness (QED) is 0.832. The normalized spacial score (nSPS) is 17.0. The minimum absolute atomic E-state index is 0.0392. The molecule has 1 aromatic heterocycles. The summed E-state index contributed by atoms with van der Waals surface area (Å²) in [5.74, 6) is 1.03. The summed E-state index contributed by atoms with van der Waals surface area (Å²) < 4.78 is 7.13. The second-order valence-corrected chi connectivity index (χ2v) is 4.40. The lowest BCUT2D eigenvalue weighted by molar-refractivity contribution is -0.114. The number of carbonyl (C=O) groups is 1. The zero-order chi connectivity index (χ0) is 12.1. The molecular weight excluding hydrogens is 242 g/mol. The fourth-order valence-electron chi connectivity index (χ4n) is 1.93. The van der Waals surface area contributed by atoms with Gasteiger partial charge in [-0.3, -0.25) is 4.79 Å². The standard InChI is InChI=1S/C11H16ClN3O2/c12-7-11(16)14-10-1-4-13-15(10)8-9-2-5-17-6-3-9/h1,4,9H,2-3,5-8H2,(H,14,16). The number of halogens is 1. The van der Waals surface area contributed by atoms with E-state index < -0.39 is 0 Å². The van der Waals surface area contributed by atoms with Crippen molar-refractivity contribution in [2.24, 2.45) is 5.92 Å². The lowest BCUT2D eigenvalue weighted by Crippen LogP contribution is -2.23. The SMILES string of the molecule is O=C(CCl)Nc1ccnn1CC1CCOCC1. The number of nitrogens with zero attached hydrogens (tertiary/aromatic N) is 2. The number of nitrogens with one attached hydrogen (secondary N) is 1. The van der Waals surface area contributed by atoms with E-state index in [1.54, 1.807) is 12.3 Å². The Morgan fingerprint density at radius 2 is 2.35 bits per heavy atom. The van der Waals surface area contributed by atoms with Crippen molar-refractivity contribution < 1.29 is 9.53 Å². The molecule has 1 N–H and O–H groups in total. The molecule has 0 saturated carbocycles. The topological polar surface area (TPSA) is 56.2 Å². The van der Waals surface area contributed by atoms with E-state index in [4.69, 9.17) is 16.3 Å². The fraction of sp³-hybridized carbons (Fsp3) is 0.636. The molecule has 94 valence electrons. The number of aromatic nitrogens is 2. The summed E-state index contributed by atoms with van der Waals surface area (Å²) in [6.45, 7) is 2.44. The smallest absolute Gasteiger partial charge is 0.240 e. The van der Waals surface area contributed by atoms with E-state index >= 15 is 0 Å². The lowest BCUT2D eigenvalue weighted by Gasteiger charge is -2.22. The van der Waals surface area contributed by atoms with E-state index in [1.807, 2.05) is 4.68 Å². The number of ether oxygens (including phenoxy) is 1. The van der Waals surface area contributed by atoms with Gasteiger partial charge in [-0.2, -0.15) is 5.10 Å². The summed E-state index contributed by atoms with van der Waals surface area (Å²) in [4.78, 5) is 11.2. The molecule has 0 aromatic carbocycles. The Morgan fingerprint density at radius 1 is 1.59 bits per heavy atom. The van der Waals surface area contributed by atoms with Crippen LogP contribution in [0.3, 0.4) is 0 Å². The average molecular weight is 258 g/mol. The van der Waals surface area contributed by atoms with Crippen molar-refractivity contribution in [3.8, 4) is 0 Å². The molecule has 1 aromatic rings. The highest BCUT2D eigenvalue weighted by Gasteiger charge is 2.16. The van der Waals surface area contributed by atoms with Gasteiger partial charge in [0.25, 0.3) is 0 Å². The lowest BCUT2D eigenvalue weighted by atomic mass is 10.0. The van der Waals surface area contributed by atoms with E-state index in [0.29, 0.717) is 11.7 Å². The predicted molar refractivity (Wildman–Crippen MR) is 65.1 cm³/mol. The summed E-state index contributed by atoms with van der Waals surface area (Å²) in [5, 5.41) is 6.94. The first-order valence-electron chi connectivity index (χ1n) is 5.75. The molecule has 2 heterocycles. The van der Waals surface area contributed by atoms with Crippen LogP contribution in [0.25, 0.3) is 0 Å². The van der Waals surface area contributed by atoms with Crippen molar-refractivity contribution in [3.63, 3.8) is 0 Å². The van der Waals surface area contributed by atoms with E-state index in [0.717, 1.165) is 32.6 Å². The maximum Gasteiger partial charge on any atom is 0.240 e. The number of carbonyl (C=O) groups excluding carboxylic acids is 1. The van der Waals surface area contributed by atoms with Gasteiger partial charge in [-0.1, -0.05) is 0 Å². The molecule has 2 rings (SSSR count). The third-order valence-electron chi connectivity index (χ3n) is 2.88. The molecule has 1 aliphatic rings. The van der Waals surface area contributed by atoms with Crippen molar-refractivity contribution in [1.29, 1.82) is 0 Å². The zero-order valence-electron chi connectivity index (χ0n) is 9.56. The molecule has 17 heavy (non-hydrogen) atoms. The second kappa shape index (κ2) is 6.02. The van der Waals surface area contributed by atoms with E-state index in [-0.39, 0.29) is 11.8 Å². The van der Waals surface area contributed by atoms with Crippen molar-refractivity contribution in [2.75, 3.05) is 24.4 Å². The van der Waals surface area contributed by atoms with Gasteiger partial charge in [0.1, 0.15) is 11.7 Å².